The zero-order valence-corrected chi connectivity index (χ0v) is 43.6. The summed E-state index contributed by atoms with van der Waals surface area (Å²) in [6, 6.07) is 108. The molecular formula is C76H54N2. The van der Waals surface area contributed by atoms with E-state index in [2.05, 4.69) is 315 Å². The van der Waals surface area contributed by atoms with E-state index in [0.717, 1.165) is 22.7 Å². The number of para-hydroxylation sites is 2. The van der Waals surface area contributed by atoms with E-state index in [1.807, 2.05) is 0 Å². The Kier molecular flexibility index (Phi) is 10.5. The summed E-state index contributed by atoms with van der Waals surface area (Å²) in [5, 5.41) is 2.53. The number of nitrogens with zero attached hydrogens (tertiary/aromatic N) is 2. The van der Waals surface area contributed by atoms with Gasteiger partial charge in [0.05, 0.1) is 22.1 Å². The Morgan fingerprint density at radius 1 is 0.308 bits per heavy atom. The third-order valence-corrected chi connectivity index (χ3v) is 17.1. The maximum absolute atomic E-state index is 2.52. The molecule has 0 atom stereocenters. The predicted molar refractivity (Wildman–Crippen MR) is 327 cm³/mol. The summed E-state index contributed by atoms with van der Waals surface area (Å²) >= 11 is 0. The molecule has 15 rings (SSSR count). The van der Waals surface area contributed by atoms with E-state index >= 15 is 0 Å². The van der Waals surface area contributed by atoms with Crippen LogP contribution in [0.15, 0.2) is 291 Å². The number of hydrogen-bond acceptors (Lipinski definition) is 1. The van der Waals surface area contributed by atoms with E-state index < -0.39 is 5.41 Å². The standard InChI is InChI=1S/C76H54N2/c1-75(2)69-49-56(55-35-33-52(34-36-55)51-19-6-3-7-20-51)41-47-62(69)63-48-46-61(50-70(63)75)77(59-42-37-53(38-43-59)54-39-44-60(45-40-54)78-71-30-16-13-25-64(71)65-26-14-17-31-72(65)78)73-32-18-29-68-74(73)66-27-12-15-28-67(66)76(68,57-21-8-4-9-22-57)58-23-10-5-11-24-58/h3-50H,1-2H3. The summed E-state index contributed by atoms with van der Waals surface area (Å²) in [6.45, 7) is 4.81. The first-order valence-corrected chi connectivity index (χ1v) is 27.2. The highest BCUT2D eigenvalue weighted by molar-refractivity contribution is 6.09. The van der Waals surface area contributed by atoms with Gasteiger partial charge in [0.1, 0.15) is 0 Å². The highest BCUT2D eigenvalue weighted by atomic mass is 15.1. The van der Waals surface area contributed by atoms with Crippen molar-refractivity contribution in [3.8, 4) is 61.3 Å². The molecule has 12 aromatic carbocycles. The van der Waals surface area contributed by atoms with Gasteiger partial charge in [-0.2, -0.15) is 0 Å². The third kappa shape index (κ3) is 6.96. The molecule has 2 nitrogen and oxygen atoms in total. The summed E-state index contributed by atoms with van der Waals surface area (Å²) in [4.78, 5) is 2.52. The summed E-state index contributed by atoms with van der Waals surface area (Å²) < 4.78 is 2.39. The molecule has 0 amide bonds. The molecule has 368 valence electrons. The number of rotatable bonds is 9. The maximum atomic E-state index is 2.52. The zero-order chi connectivity index (χ0) is 52.0. The highest BCUT2D eigenvalue weighted by Crippen LogP contribution is 2.60. The molecule has 0 fully saturated rings. The van der Waals surface area contributed by atoms with Gasteiger partial charge in [0.2, 0.25) is 0 Å². The number of fused-ring (bicyclic) bond motifs is 9. The van der Waals surface area contributed by atoms with Crippen molar-refractivity contribution in [2.24, 2.45) is 0 Å². The van der Waals surface area contributed by atoms with Gasteiger partial charge in [-0.25, -0.2) is 0 Å². The second-order valence-electron chi connectivity index (χ2n) is 21.6. The molecule has 0 radical (unpaired) electrons. The monoisotopic (exact) mass is 994 g/mol. The van der Waals surface area contributed by atoms with Crippen molar-refractivity contribution in [2.75, 3.05) is 4.90 Å². The van der Waals surface area contributed by atoms with Crippen LogP contribution >= 0.6 is 0 Å². The molecule has 13 aromatic rings. The summed E-state index contributed by atoms with van der Waals surface area (Å²) in [5.74, 6) is 0. The molecule has 78 heavy (non-hydrogen) atoms. The number of benzene rings is 12. The fourth-order valence-electron chi connectivity index (χ4n) is 13.4. The molecule has 2 heteroatoms. The van der Waals surface area contributed by atoms with Crippen molar-refractivity contribution in [3.05, 3.63) is 325 Å². The van der Waals surface area contributed by atoms with Gasteiger partial charge in [0.15, 0.2) is 0 Å². The lowest BCUT2D eigenvalue weighted by atomic mass is 9.68. The minimum atomic E-state index is -0.535. The largest absolute Gasteiger partial charge is 0.310 e. The molecule has 0 unspecified atom stereocenters. The van der Waals surface area contributed by atoms with E-state index in [4.69, 9.17) is 0 Å². The average Bonchev–Trinajstić information content (AvgIpc) is 4.29. The van der Waals surface area contributed by atoms with Crippen molar-refractivity contribution in [2.45, 2.75) is 24.7 Å². The lowest BCUT2D eigenvalue weighted by Crippen LogP contribution is -2.28. The normalized spacial score (nSPS) is 13.5. The van der Waals surface area contributed by atoms with Gasteiger partial charge in [0, 0.05) is 38.8 Å². The van der Waals surface area contributed by atoms with Gasteiger partial charge >= 0.3 is 0 Å². The van der Waals surface area contributed by atoms with Crippen LogP contribution < -0.4 is 4.90 Å². The summed E-state index contributed by atoms with van der Waals surface area (Å²) in [5.41, 5.74) is 26.2. The van der Waals surface area contributed by atoms with Crippen molar-refractivity contribution < 1.29 is 0 Å². The van der Waals surface area contributed by atoms with E-state index in [0.29, 0.717) is 0 Å². The molecule has 0 N–H and O–H groups in total. The van der Waals surface area contributed by atoms with Crippen LogP contribution in [0.25, 0.3) is 83.1 Å². The van der Waals surface area contributed by atoms with Gasteiger partial charge in [0.25, 0.3) is 0 Å². The molecule has 0 bridgehead atoms. The molecule has 0 saturated heterocycles. The summed E-state index contributed by atoms with van der Waals surface area (Å²) in [6.07, 6.45) is 0. The molecule has 2 aliphatic carbocycles. The molecule has 0 aliphatic heterocycles. The van der Waals surface area contributed by atoms with Crippen molar-refractivity contribution in [3.63, 3.8) is 0 Å². The zero-order valence-electron chi connectivity index (χ0n) is 43.6. The van der Waals surface area contributed by atoms with E-state index in [1.165, 1.54) is 111 Å². The first-order valence-electron chi connectivity index (χ1n) is 27.2. The Morgan fingerprint density at radius 3 is 1.38 bits per heavy atom. The lowest BCUT2D eigenvalue weighted by molar-refractivity contribution is 0.660. The minimum Gasteiger partial charge on any atom is -0.310 e. The smallest absolute Gasteiger partial charge is 0.0714 e. The van der Waals surface area contributed by atoms with Crippen LogP contribution in [0.5, 0.6) is 0 Å². The Bertz CT molecular complexity index is 4320. The van der Waals surface area contributed by atoms with Crippen LogP contribution in [0.3, 0.4) is 0 Å². The number of aromatic nitrogens is 1. The van der Waals surface area contributed by atoms with E-state index in [-0.39, 0.29) is 5.41 Å². The molecule has 1 aromatic heterocycles. The third-order valence-electron chi connectivity index (χ3n) is 17.1. The van der Waals surface area contributed by atoms with Gasteiger partial charge in [-0.1, -0.05) is 244 Å². The molecule has 0 saturated carbocycles. The van der Waals surface area contributed by atoms with Crippen LogP contribution in [0.1, 0.15) is 47.2 Å². The number of anilines is 3. The van der Waals surface area contributed by atoms with Crippen LogP contribution in [0.4, 0.5) is 17.1 Å². The van der Waals surface area contributed by atoms with Gasteiger partial charge in [-0.3, -0.25) is 0 Å². The van der Waals surface area contributed by atoms with E-state index in [1.54, 1.807) is 0 Å². The van der Waals surface area contributed by atoms with Gasteiger partial charge in [-0.05, 0) is 144 Å². The Balaban J connectivity index is 0.868. The van der Waals surface area contributed by atoms with Crippen LogP contribution in [-0.2, 0) is 10.8 Å². The lowest BCUT2D eigenvalue weighted by Gasteiger charge is -2.34. The minimum absolute atomic E-state index is 0.261. The Morgan fingerprint density at radius 2 is 0.756 bits per heavy atom. The van der Waals surface area contributed by atoms with E-state index in [9.17, 15) is 0 Å². The fraction of sp³-hybridized carbons (Fsp3) is 0.0526. The van der Waals surface area contributed by atoms with Crippen LogP contribution in [-0.4, -0.2) is 4.57 Å². The fourth-order valence-corrected chi connectivity index (χ4v) is 13.4. The molecule has 2 aliphatic rings. The van der Waals surface area contributed by atoms with Gasteiger partial charge < -0.3 is 9.47 Å². The van der Waals surface area contributed by atoms with Crippen molar-refractivity contribution >= 4 is 38.9 Å². The topological polar surface area (TPSA) is 8.17 Å². The number of hydrogen-bond donors (Lipinski definition) is 0. The molecular weight excluding hydrogens is 941 g/mol. The Hall–Kier alpha value is -9.76. The molecule has 1 heterocycles. The van der Waals surface area contributed by atoms with Crippen LogP contribution in [0.2, 0.25) is 0 Å². The van der Waals surface area contributed by atoms with Crippen molar-refractivity contribution in [1.82, 2.24) is 4.57 Å². The second kappa shape index (κ2) is 17.9. The maximum Gasteiger partial charge on any atom is 0.0714 e. The quantitative estimate of drug-likeness (QED) is 0.140. The molecule has 0 spiro atoms. The predicted octanol–water partition coefficient (Wildman–Crippen LogP) is 19.9. The SMILES string of the molecule is CC1(C)c2cc(-c3ccc(-c4ccccc4)cc3)ccc2-c2ccc(N(c3ccc(-c4ccc(-n5c6ccccc6c6ccccc65)cc4)cc3)c3cccc4c3-c3ccccc3C4(c3ccccc3)c3ccccc3)cc21. The average molecular weight is 995 g/mol. The second-order valence-corrected chi connectivity index (χ2v) is 21.6. The first-order chi connectivity index (χ1) is 38.4. The van der Waals surface area contributed by atoms with Crippen molar-refractivity contribution in [1.29, 1.82) is 0 Å². The van der Waals surface area contributed by atoms with Gasteiger partial charge in [-0.15, -0.1) is 0 Å². The Labute approximate surface area is 456 Å². The highest BCUT2D eigenvalue weighted by Gasteiger charge is 2.47. The summed E-state index contributed by atoms with van der Waals surface area (Å²) in [7, 11) is 0. The first kappa shape index (κ1) is 45.6. The van der Waals surface area contributed by atoms with Crippen LogP contribution in [0, 0.1) is 0 Å².